The van der Waals surface area contributed by atoms with Gasteiger partial charge in [-0.1, -0.05) is 35.2 Å². The zero-order valence-corrected chi connectivity index (χ0v) is 12.2. The van der Waals surface area contributed by atoms with Gasteiger partial charge in [0.25, 0.3) is 0 Å². The second-order valence-electron chi connectivity index (χ2n) is 4.12. The molecule has 102 valence electrons. The molecule has 2 aromatic carbocycles. The first-order valence-electron chi connectivity index (χ1n) is 6.03. The first-order valence-corrected chi connectivity index (χ1v) is 6.79. The molecule has 4 heteroatoms. The quantitative estimate of drug-likeness (QED) is 0.814. The average Bonchev–Trinajstić information content (AvgIpc) is 2.46. The van der Waals surface area contributed by atoms with Crippen LogP contribution < -0.4 is 10.1 Å². The van der Waals surface area contributed by atoms with E-state index in [1.54, 1.807) is 0 Å². The fourth-order valence-corrected chi connectivity index (χ4v) is 2.05. The molecule has 0 aliphatic heterocycles. The van der Waals surface area contributed by atoms with E-state index >= 15 is 0 Å². The number of halogens is 2. The Hall–Kier alpha value is -1.82. The summed E-state index contributed by atoms with van der Waals surface area (Å²) in [5.74, 6) is 3.00. The molecule has 0 saturated heterocycles. The molecule has 0 unspecified atom stereocenters. The second-order valence-corrected chi connectivity index (χ2v) is 4.96. The summed E-state index contributed by atoms with van der Waals surface area (Å²) >= 11 is 12.0. The van der Waals surface area contributed by atoms with Gasteiger partial charge in [-0.15, -0.1) is 6.42 Å². The standard InChI is InChI=1S/C16H13Cl2NO/c1-2-9-20-16-8-3-12(10-15(16)18)11-19-14-6-4-13(17)5-7-14/h1,3-8,10,19H,9,11H2. The van der Waals surface area contributed by atoms with E-state index in [1.165, 1.54) is 0 Å². The van der Waals surface area contributed by atoms with Crippen molar-refractivity contribution in [1.29, 1.82) is 0 Å². The Balaban J connectivity index is 1.98. The highest BCUT2D eigenvalue weighted by Crippen LogP contribution is 2.25. The van der Waals surface area contributed by atoms with E-state index in [0.717, 1.165) is 11.3 Å². The molecule has 0 radical (unpaired) electrons. The van der Waals surface area contributed by atoms with Gasteiger partial charge in [-0.2, -0.15) is 0 Å². The third-order valence-electron chi connectivity index (χ3n) is 2.65. The summed E-state index contributed by atoms with van der Waals surface area (Å²) in [7, 11) is 0. The largest absolute Gasteiger partial charge is 0.479 e. The van der Waals surface area contributed by atoms with Crippen LogP contribution in [0.4, 0.5) is 5.69 Å². The van der Waals surface area contributed by atoms with Gasteiger partial charge in [0.2, 0.25) is 0 Å². The molecule has 2 aromatic rings. The smallest absolute Gasteiger partial charge is 0.148 e. The van der Waals surface area contributed by atoms with Crippen molar-refractivity contribution in [2.45, 2.75) is 6.54 Å². The van der Waals surface area contributed by atoms with Crippen molar-refractivity contribution >= 4 is 28.9 Å². The van der Waals surface area contributed by atoms with Gasteiger partial charge in [0.15, 0.2) is 0 Å². The zero-order chi connectivity index (χ0) is 14.4. The average molecular weight is 306 g/mol. The number of hydrogen-bond donors (Lipinski definition) is 1. The predicted molar refractivity (Wildman–Crippen MR) is 84.6 cm³/mol. The first kappa shape index (κ1) is 14.6. The highest BCUT2D eigenvalue weighted by Gasteiger charge is 2.03. The Morgan fingerprint density at radius 1 is 1.10 bits per heavy atom. The maximum absolute atomic E-state index is 6.13. The Morgan fingerprint density at radius 3 is 2.50 bits per heavy atom. The Bertz CT molecular complexity index is 617. The highest BCUT2D eigenvalue weighted by atomic mass is 35.5. The van der Waals surface area contributed by atoms with E-state index in [-0.39, 0.29) is 6.61 Å². The van der Waals surface area contributed by atoms with Gasteiger partial charge >= 0.3 is 0 Å². The van der Waals surface area contributed by atoms with Crippen molar-refractivity contribution in [3.8, 4) is 18.1 Å². The normalized spacial score (nSPS) is 9.85. The molecular formula is C16H13Cl2NO. The topological polar surface area (TPSA) is 21.3 Å². The SMILES string of the molecule is C#CCOc1ccc(CNc2ccc(Cl)cc2)cc1Cl. The third kappa shape index (κ3) is 4.09. The summed E-state index contributed by atoms with van der Waals surface area (Å²) in [6.07, 6.45) is 5.14. The molecule has 0 spiro atoms. The zero-order valence-electron chi connectivity index (χ0n) is 10.7. The van der Waals surface area contributed by atoms with Crippen LogP contribution in [0.5, 0.6) is 5.75 Å². The number of ether oxygens (including phenoxy) is 1. The monoisotopic (exact) mass is 305 g/mol. The summed E-state index contributed by atoms with van der Waals surface area (Å²) in [5.41, 5.74) is 2.05. The van der Waals surface area contributed by atoms with Crippen LogP contribution in [0, 0.1) is 12.3 Å². The molecule has 0 heterocycles. The van der Waals surface area contributed by atoms with Crippen LogP contribution in [-0.2, 0) is 6.54 Å². The molecule has 0 saturated carbocycles. The molecule has 0 aliphatic rings. The van der Waals surface area contributed by atoms with Gasteiger partial charge in [0.1, 0.15) is 12.4 Å². The van der Waals surface area contributed by atoms with Crippen molar-refractivity contribution in [2.75, 3.05) is 11.9 Å². The summed E-state index contributed by atoms with van der Waals surface area (Å²) in [5, 5.41) is 4.56. The molecule has 0 bridgehead atoms. The minimum Gasteiger partial charge on any atom is -0.479 e. The number of hydrogen-bond acceptors (Lipinski definition) is 2. The van der Waals surface area contributed by atoms with Crippen molar-refractivity contribution < 1.29 is 4.74 Å². The summed E-state index contributed by atoms with van der Waals surface area (Å²) in [6.45, 7) is 0.874. The molecule has 0 aliphatic carbocycles. The van der Waals surface area contributed by atoms with Crippen LogP contribution in [0.25, 0.3) is 0 Å². The molecule has 0 atom stereocenters. The molecule has 2 nitrogen and oxygen atoms in total. The summed E-state index contributed by atoms with van der Waals surface area (Å²) in [4.78, 5) is 0. The van der Waals surface area contributed by atoms with Crippen LogP contribution in [0.1, 0.15) is 5.56 Å². The minimum atomic E-state index is 0.210. The van der Waals surface area contributed by atoms with E-state index in [9.17, 15) is 0 Å². The molecule has 20 heavy (non-hydrogen) atoms. The van der Waals surface area contributed by atoms with Gasteiger partial charge < -0.3 is 10.1 Å². The number of benzene rings is 2. The Morgan fingerprint density at radius 2 is 1.85 bits per heavy atom. The Labute approximate surface area is 128 Å². The summed E-state index contributed by atoms with van der Waals surface area (Å²) < 4.78 is 5.31. The van der Waals surface area contributed by atoms with E-state index in [0.29, 0.717) is 22.3 Å². The van der Waals surface area contributed by atoms with E-state index < -0.39 is 0 Å². The van der Waals surface area contributed by atoms with Crippen LogP contribution in [-0.4, -0.2) is 6.61 Å². The number of nitrogens with one attached hydrogen (secondary N) is 1. The van der Waals surface area contributed by atoms with Gasteiger partial charge in [0, 0.05) is 17.3 Å². The van der Waals surface area contributed by atoms with Crippen molar-refractivity contribution in [3.05, 3.63) is 58.1 Å². The molecule has 1 N–H and O–H groups in total. The molecule has 0 aromatic heterocycles. The van der Waals surface area contributed by atoms with Crippen LogP contribution in [0.2, 0.25) is 10.0 Å². The van der Waals surface area contributed by atoms with Crippen LogP contribution >= 0.6 is 23.2 Å². The number of terminal acetylenes is 1. The van der Waals surface area contributed by atoms with E-state index in [4.69, 9.17) is 34.4 Å². The number of rotatable bonds is 5. The van der Waals surface area contributed by atoms with Crippen molar-refractivity contribution in [1.82, 2.24) is 0 Å². The predicted octanol–water partition coefficient (Wildman–Crippen LogP) is 4.62. The maximum Gasteiger partial charge on any atom is 0.148 e. The highest BCUT2D eigenvalue weighted by molar-refractivity contribution is 6.32. The van der Waals surface area contributed by atoms with Gasteiger partial charge in [0.05, 0.1) is 5.02 Å². The van der Waals surface area contributed by atoms with Gasteiger partial charge in [-0.25, -0.2) is 0 Å². The van der Waals surface area contributed by atoms with E-state index in [1.807, 2.05) is 42.5 Å². The van der Waals surface area contributed by atoms with Crippen molar-refractivity contribution in [2.24, 2.45) is 0 Å². The molecular weight excluding hydrogens is 293 g/mol. The number of anilines is 1. The minimum absolute atomic E-state index is 0.210. The lowest BCUT2D eigenvalue weighted by atomic mass is 10.2. The molecule has 0 fully saturated rings. The lowest BCUT2D eigenvalue weighted by Crippen LogP contribution is -2.00. The van der Waals surface area contributed by atoms with Crippen LogP contribution in [0.15, 0.2) is 42.5 Å². The van der Waals surface area contributed by atoms with Gasteiger partial charge in [-0.3, -0.25) is 0 Å². The molecule has 2 rings (SSSR count). The maximum atomic E-state index is 6.13. The fourth-order valence-electron chi connectivity index (χ4n) is 1.66. The van der Waals surface area contributed by atoms with Crippen LogP contribution in [0.3, 0.4) is 0 Å². The van der Waals surface area contributed by atoms with Gasteiger partial charge in [-0.05, 0) is 42.0 Å². The lowest BCUT2D eigenvalue weighted by molar-refractivity contribution is 0.370. The molecule has 0 amide bonds. The lowest BCUT2D eigenvalue weighted by Gasteiger charge is -2.09. The summed E-state index contributed by atoms with van der Waals surface area (Å²) in [6, 6.07) is 13.2. The Kier molecular flexibility index (Phi) is 5.17. The fraction of sp³-hybridized carbons (Fsp3) is 0.125. The van der Waals surface area contributed by atoms with E-state index in [2.05, 4.69) is 11.2 Å². The second kappa shape index (κ2) is 7.09. The third-order valence-corrected chi connectivity index (χ3v) is 3.20. The first-order chi connectivity index (χ1) is 9.69. The van der Waals surface area contributed by atoms with Crippen molar-refractivity contribution in [3.63, 3.8) is 0 Å².